The molecule has 5 aromatic carbocycles. The molecule has 0 heterocycles. The van der Waals surface area contributed by atoms with Crippen molar-refractivity contribution in [3.8, 4) is 5.75 Å². The molecule has 44 heavy (non-hydrogen) atoms. The summed E-state index contributed by atoms with van der Waals surface area (Å²) in [5.41, 5.74) is 2.62. The molecule has 0 aliphatic heterocycles. The van der Waals surface area contributed by atoms with Gasteiger partial charge in [-0.2, -0.15) is 0 Å². The van der Waals surface area contributed by atoms with Crippen LogP contribution >= 0.6 is 0 Å². The molecule has 1 amide bonds. The van der Waals surface area contributed by atoms with Crippen LogP contribution in [-0.2, 0) is 24.8 Å². The first kappa shape index (κ1) is 30.6. The van der Waals surface area contributed by atoms with Crippen molar-refractivity contribution < 1.29 is 26.4 Å². The van der Waals surface area contributed by atoms with Crippen molar-refractivity contribution in [2.24, 2.45) is 0 Å². The molecule has 0 saturated heterocycles. The Morgan fingerprint density at radius 1 is 0.750 bits per heavy atom. The van der Waals surface area contributed by atoms with Gasteiger partial charge < -0.3 is 10.1 Å². The van der Waals surface area contributed by atoms with E-state index in [1.807, 2.05) is 44.2 Å². The molecule has 11 heteroatoms. The predicted molar refractivity (Wildman–Crippen MR) is 173 cm³/mol. The van der Waals surface area contributed by atoms with Gasteiger partial charge in [0.25, 0.3) is 20.0 Å². The number of hydrogen-bond acceptors (Lipinski definition) is 6. The number of carbonyl (C=O) groups is 1. The maximum Gasteiger partial charge on any atom is 0.264 e. The first-order valence-corrected chi connectivity index (χ1v) is 16.5. The van der Waals surface area contributed by atoms with Gasteiger partial charge in [0, 0.05) is 11.1 Å². The molecule has 0 aliphatic carbocycles. The van der Waals surface area contributed by atoms with Gasteiger partial charge in [0.2, 0.25) is 5.91 Å². The molecule has 5 rings (SSSR count). The van der Waals surface area contributed by atoms with E-state index >= 15 is 0 Å². The zero-order valence-electron chi connectivity index (χ0n) is 24.3. The van der Waals surface area contributed by atoms with E-state index in [0.717, 1.165) is 26.2 Å². The topological polar surface area (TPSA) is 122 Å². The highest BCUT2D eigenvalue weighted by molar-refractivity contribution is 7.93. The van der Waals surface area contributed by atoms with Gasteiger partial charge in [-0.1, -0.05) is 60.2 Å². The molecule has 9 nitrogen and oxygen atoms in total. The Morgan fingerprint density at radius 3 is 2.09 bits per heavy atom. The second-order valence-electron chi connectivity index (χ2n) is 10.2. The maximum absolute atomic E-state index is 13.8. The molecule has 0 bridgehead atoms. The van der Waals surface area contributed by atoms with Crippen molar-refractivity contribution in [3.05, 3.63) is 120 Å². The summed E-state index contributed by atoms with van der Waals surface area (Å²) in [4.78, 5) is 13.3. The number of nitrogens with one attached hydrogen (secondary N) is 2. The van der Waals surface area contributed by atoms with Gasteiger partial charge in [0.1, 0.15) is 12.3 Å². The van der Waals surface area contributed by atoms with Crippen LogP contribution in [0.5, 0.6) is 5.75 Å². The summed E-state index contributed by atoms with van der Waals surface area (Å²) in [5.74, 6) is -0.346. The molecule has 0 atom stereocenters. The number of carbonyl (C=O) groups excluding carboxylic acids is 1. The highest BCUT2D eigenvalue weighted by Crippen LogP contribution is 2.34. The minimum atomic E-state index is -4.17. The lowest BCUT2D eigenvalue weighted by Gasteiger charge is -2.26. The van der Waals surface area contributed by atoms with Crippen LogP contribution in [0.3, 0.4) is 0 Å². The van der Waals surface area contributed by atoms with Gasteiger partial charge in [-0.3, -0.25) is 13.8 Å². The van der Waals surface area contributed by atoms with Crippen molar-refractivity contribution in [2.45, 2.75) is 23.6 Å². The highest BCUT2D eigenvalue weighted by atomic mass is 32.2. The number of rotatable bonds is 10. The summed E-state index contributed by atoms with van der Waals surface area (Å²) >= 11 is 0. The van der Waals surface area contributed by atoms with E-state index in [1.54, 1.807) is 42.5 Å². The smallest absolute Gasteiger partial charge is 0.264 e. The van der Waals surface area contributed by atoms with E-state index in [4.69, 9.17) is 4.74 Å². The number of anilines is 3. The second-order valence-corrected chi connectivity index (χ2v) is 13.7. The van der Waals surface area contributed by atoms with Crippen LogP contribution in [0.4, 0.5) is 17.1 Å². The first-order valence-electron chi connectivity index (χ1n) is 13.6. The standard InChI is InChI=1S/C33H31N3O6S2/c1-23-11-16-28(17-12-23)44(40,41)36(31-21-24(2)13-20-32(31)42-3)22-33(37)34-26-14-18-27(19-15-26)43(38,39)35-30-10-6-8-25-7-4-5-9-29(25)30/h4-21,35H,22H2,1-3H3,(H,34,37). The van der Waals surface area contributed by atoms with Crippen molar-refractivity contribution in [1.29, 1.82) is 0 Å². The molecule has 0 aliphatic rings. The summed E-state index contributed by atoms with van der Waals surface area (Å²) in [6.45, 7) is 3.10. The van der Waals surface area contributed by atoms with Crippen LogP contribution in [0.1, 0.15) is 11.1 Å². The second kappa shape index (κ2) is 12.4. The number of benzene rings is 5. The Labute approximate surface area is 257 Å². The Morgan fingerprint density at radius 2 is 1.39 bits per heavy atom. The number of aryl methyl sites for hydroxylation is 2. The summed E-state index contributed by atoms with van der Waals surface area (Å²) in [6.07, 6.45) is 0. The Hall–Kier alpha value is -4.87. The van der Waals surface area contributed by atoms with Crippen molar-refractivity contribution in [3.63, 3.8) is 0 Å². The zero-order valence-corrected chi connectivity index (χ0v) is 25.9. The molecule has 0 saturated carbocycles. The lowest BCUT2D eigenvalue weighted by molar-refractivity contribution is -0.114. The fourth-order valence-corrected chi connectivity index (χ4v) is 7.20. The number of nitrogens with zero attached hydrogens (tertiary/aromatic N) is 1. The van der Waals surface area contributed by atoms with Gasteiger partial charge in [0.05, 0.1) is 28.3 Å². The average molecular weight is 630 g/mol. The van der Waals surface area contributed by atoms with Crippen LogP contribution in [-0.4, -0.2) is 36.4 Å². The van der Waals surface area contributed by atoms with E-state index < -0.39 is 32.5 Å². The minimum absolute atomic E-state index is 0.00324. The van der Waals surface area contributed by atoms with Crippen molar-refractivity contribution in [1.82, 2.24) is 0 Å². The Balaban J connectivity index is 1.38. The first-order chi connectivity index (χ1) is 21.0. The highest BCUT2D eigenvalue weighted by Gasteiger charge is 2.30. The third kappa shape index (κ3) is 6.53. The summed E-state index contributed by atoms with van der Waals surface area (Å²) in [6, 6.07) is 29.8. The Kier molecular flexibility index (Phi) is 8.61. The van der Waals surface area contributed by atoms with Crippen LogP contribution in [0.2, 0.25) is 0 Å². The van der Waals surface area contributed by atoms with Crippen molar-refractivity contribution >= 4 is 53.8 Å². The molecule has 0 radical (unpaired) electrons. The minimum Gasteiger partial charge on any atom is -0.495 e. The quantitative estimate of drug-likeness (QED) is 0.193. The lowest BCUT2D eigenvalue weighted by atomic mass is 10.1. The average Bonchev–Trinajstić information content (AvgIpc) is 3.00. The molecule has 2 N–H and O–H groups in total. The predicted octanol–water partition coefficient (Wildman–Crippen LogP) is 6.10. The van der Waals surface area contributed by atoms with Gasteiger partial charge in [-0.05, 0) is 79.4 Å². The van der Waals surface area contributed by atoms with Crippen LogP contribution in [0, 0.1) is 13.8 Å². The van der Waals surface area contributed by atoms with Crippen LogP contribution < -0.4 is 19.1 Å². The summed E-state index contributed by atoms with van der Waals surface area (Å²) in [5, 5.41) is 4.34. The zero-order chi connectivity index (χ0) is 31.5. The molecule has 226 valence electrons. The molecule has 0 aromatic heterocycles. The SMILES string of the molecule is COc1ccc(C)cc1N(CC(=O)Nc1ccc(S(=O)(=O)Nc2cccc3ccccc23)cc1)S(=O)(=O)c1ccc(C)cc1. The summed E-state index contributed by atoms with van der Waals surface area (Å²) < 4.78 is 63.0. The summed E-state index contributed by atoms with van der Waals surface area (Å²) in [7, 11) is -6.68. The van der Waals surface area contributed by atoms with Gasteiger partial charge >= 0.3 is 0 Å². The fourth-order valence-electron chi connectivity index (χ4n) is 4.70. The molecule has 0 spiro atoms. The maximum atomic E-state index is 13.8. The lowest BCUT2D eigenvalue weighted by Crippen LogP contribution is -2.38. The fraction of sp³-hybridized carbons (Fsp3) is 0.121. The van der Waals surface area contributed by atoms with E-state index in [9.17, 15) is 21.6 Å². The third-order valence-corrected chi connectivity index (χ3v) is 10.1. The number of hydrogen-bond donors (Lipinski definition) is 2. The van der Waals surface area contributed by atoms with Crippen molar-refractivity contribution in [2.75, 3.05) is 28.0 Å². The number of sulfonamides is 2. The van der Waals surface area contributed by atoms with E-state index in [-0.39, 0.29) is 21.2 Å². The number of fused-ring (bicyclic) bond motifs is 1. The number of methoxy groups -OCH3 is 1. The van der Waals surface area contributed by atoms with Crippen LogP contribution in [0.15, 0.2) is 119 Å². The molecular weight excluding hydrogens is 599 g/mol. The number of amides is 1. The van der Waals surface area contributed by atoms with E-state index in [1.165, 1.54) is 43.5 Å². The van der Waals surface area contributed by atoms with Crippen LogP contribution in [0.25, 0.3) is 10.8 Å². The van der Waals surface area contributed by atoms with Gasteiger partial charge in [0.15, 0.2) is 0 Å². The van der Waals surface area contributed by atoms with Gasteiger partial charge in [-0.15, -0.1) is 0 Å². The normalized spacial score (nSPS) is 11.6. The molecule has 0 fully saturated rings. The third-order valence-electron chi connectivity index (χ3n) is 6.98. The largest absolute Gasteiger partial charge is 0.495 e. The Bertz CT molecular complexity index is 2040. The number of ether oxygens (including phenoxy) is 1. The van der Waals surface area contributed by atoms with E-state index in [0.29, 0.717) is 11.4 Å². The van der Waals surface area contributed by atoms with Gasteiger partial charge in [-0.25, -0.2) is 16.8 Å². The van der Waals surface area contributed by atoms with E-state index in [2.05, 4.69) is 10.0 Å². The molecule has 5 aromatic rings. The monoisotopic (exact) mass is 629 g/mol. The molecular formula is C33H31N3O6S2. The molecule has 0 unspecified atom stereocenters.